The van der Waals surface area contributed by atoms with Gasteiger partial charge in [0.2, 0.25) is 0 Å². The molecule has 0 aromatic heterocycles. The third kappa shape index (κ3) is 2.81. The van der Waals surface area contributed by atoms with Gasteiger partial charge in [0.1, 0.15) is 0 Å². The summed E-state index contributed by atoms with van der Waals surface area (Å²) in [5.41, 5.74) is 0.497. The molecule has 2 nitrogen and oxygen atoms in total. The maximum atomic E-state index is 12.4. The van der Waals surface area contributed by atoms with Crippen molar-refractivity contribution in [2.24, 2.45) is 0 Å². The largest absolute Gasteiger partial charge is 0.339 e. The van der Waals surface area contributed by atoms with E-state index in [1.165, 1.54) is 19.3 Å². The van der Waals surface area contributed by atoms with Crippen LogP contribution in [-0.4, -0.2) is 23.9 Å². The van der Waals surface area contributed by atoms with E-state index in [0.29, 0.717) is 21.7 Å². The van der Waals surface area contributed by atoms with Gasteiger partial charge in [-0.15, -0.1) is 0 Å². The van der Waals surface area contributed by atoms with Crippen LogP contribution < -0.4 is 0 Å². The number of halogens is 2. The minimum Gasteiger partial charge on any atom is -0.339 e. The van der Waals surface area contributed by atoms with E-state index in [1.54, 1.807) is 18.2 Å². The molecule has 0 bridgehead atoms. The highest BCUT2D eigenvalue weighted by Crippen LogP contribution is 2.28. The fraction of sp³-hybridized carbons (Fsp3) is 0.500. The number of benzene rings is 1. The Bertz CT molecular complexity index is 441. The predicted molar refractivity (Wildman–Crippen MR) is 75.4 cm³/mol. The molecule has 1 aromatic rings. The van der Waals surface area contributed by atoms with Crippen molar-refractivity contribution >= 4 is 29.1 Å². The fourth-order valence-electron chi connectivity index (χ4n) is 2.49. The Labute approximate surface area is 118 Å². The van der Waals surface area contributed by atoms with Gasteiger partial charge in [-0.25, -0.2) is 0 Å². The molecule has 0 radical (unpaired) electrons. The van der Waals surface area contributed by atoms with Gasteiger partial charge in [-0.05, 0) is 25.0 Å². The van der Waals surface area contributed by atoms with Crippen LogP contribution >= 0.6 is 23.2 Å². The summed E-state index contributed by atoms with van der Waals surface area (Å²) >= 11 is 12.0. The van der Waals surface area contributed by atoms with Crippen LogP contribution in [0.15, 0.2) is 18.2 Å². The average Bonchev–Trinajstić information content (AvgIpc) is 2.41. The molecular weight excluding hydrogens is 269 g/mol. The second-order valence-corrected chi connectivity index (χ2v) is 5.59. The van der Waals surface area contributed by atoms with Crippen LogP contribution in [0, 0.1) is 0 Å². The number of carbonyl (C=O) groups excluding carboxylic acids is 1. The Morgan fingerprint density at radius 1 is 1.22 bits per heavy atom. The van der Waals surface area contributed by atoms with Crippen molar-refractivity contribution < 1.29 is 4.79 Å². The van der Waals surface area contributed by atoms with Gasteiger partial charge in [0, 0.05) is 13.1 Å². The van der Waals surface area contributed by atoms with Gasteiger partial charge in [-0.3, -0.25) is 4.79 Å². The van der Waals surface area contributed by atoms with Crippen LogP contribution in [0.2, 0.25) is 10.0 Å². The molecule has 4 heteroatoms. The van der Waals surface area contributed by atoms with Crippen LogP contribution in [0.5, 0.6) is 0 Å². The summed E-state index contributed by atoms with van der Waals surface area (Å²) in [6.07, 6.45) is 5.84. The molecule has 1 fully saturated rings. The van der Waals surface area contributed by atoms with E-state index in [-0.39, 0.29) is 5.91 Å². The van der Waals surface area contributed by atoms with Crippen LogP contribution in [-0.2, 0) is 0 Å². The summed E-state index contributed by atoms with van der Waals surface area (Å²) in [6.45, 7) is 0. The van der Waals surface area contributed by atoms with Crippen LogP contribution in [0.1, 0.15) is 42.5 Å². The van der Waals surface area contributed by atoms with Crippen molar-refractivity contribution in [1.82, 2.24) is 4.90 Å². The monoisotopic (exact) mass is 285 g/mol. The summed E-state index contributed by atoms with van der Waals surface area (Å²) in [5.74, 6) is -0.0330. The first-order valence-corrected chi connectivity index (χ1v) is 7.08. The molecule has 2 rings (SSSR count). The minimum absolute atomic E-state index is 0.0330. The Morgan fingerprint density at radius 3 is 2.56 bits per heavy atom. The van der Waals surface area contributed by atoms with E-state index in [4.69, 9.17) is 23.2 Å². The van der Waals surface area contributed by atoms with Crippen molar-refractivity contribution in [3.05, 3.63) is 33.8 Å². The van der Waals surface area contributed by atoms with Crippen molar-refractivity contribution in [3.63, 3.8) is 0 Å². The number of nitrogens with zero attached hydrogens (tertiary/aromatic N) is 1. The Balaban J connectivity index is 2.17. The lowest BCUT2D eigenvalue weighted by atomic mass is 9.94. The molecule has 1 amide bonds. The summed E-state index contributed by atoms with van der Waals surface area (Å²) < 4.78 is 0. The molecule has 1 aliphatic carbocycles. The van der Waals surface area contributed by atoms with Crippen molar-refractivity contribution in [1.29, 1.82) is 0 Å². The van der Waals surface area contributed by atoms with E-state index >= 15 is 0 Å². The molecule has 0 heterocycles. The Hall–Kier alpha value is -0.730. The van der Waals surface area contributed by atoms with E-state index in [9.17, 15) is 4.79 Å². The van der Waals surface area contributed by atoms with E-state index < -0.39 is 0 Å². The van der Waals surface area contributed by atoms with E-state index in [2.05, 4.69) is 0 Å². The number of rotatable bonds is 2. The minimum atomic E-state index is -0.0330. The van der Waals surface area contributed by atoms with Crippen molar-refractivity contribution in [2.75, 3.05) is 7.05 Å². The highest BCUT2D eigenvalue weighted by Gasteiger charge is 2.24. The van der Waals surface area contributed by atoms with Gasteiger partial charge >= 0.3 is 0 Å². The van der Waals surface area contributed by atoms with Gasteiger partial charge in [-0.1, -0.05) is 48.5 Å². The maximum absolute atomic E-state index is 12.4. The zero-order chi connectivity index (χ0) is 13.1. The molecule has 0 atom stereocenters. The molecule has 0 saturated heterocycles. The molecule has 1 saturated carbocycles. The number of amides is 1. The molecule has 0 aliphatic heterocycles. The molecule has 0 spiro atoms. The van der Waals surface area contributed by atoms with Gasteiger partial charge in [-0.2, -0.15) is 0 Å². The van der Waals surface area contributed by atoms with Crippen LogP contribution in [0.4, 0.5) is 0 Å². The molecule has 0 N–H and O–H groups in total. The smallest absolute Gasteiger partial charge is 0.255 e. The van der Waals surface area contributed by atoms with E-state index in [1.807, 2.05) is 11.9 Å². The highest BCUT2D eigenvalue weighted by molar-refractivity contribution is 6.43. The standard InChI is InChI=1S/C14H17Cl2NO/c1-17(10-6-3-2-4-7-10)14(18)11-8-5-9-12(15)13(11)16/h5,8-10H,2-4,6-7H2,1H3. The summed E-state index contributed by atoms with van der Waals surface area (Å²) in [6, 6.07) is 5.52. The van der Waals surface area contributed by atoms with Crippen molar-refractivity contribution in [3.8, 4) is 0 Å². The molecule has 1 aromatic carbocycles. The fourth-order valence-corrected chi connectivity index (χ4v) is 2.87. The molecule has 1 aliphatic rings. The second kappa shape index (κ2) is 5.94. The number of hydrogen-bond donors (Lipinski definition) is 0. The molecular formula is C14H17Cl2NO. The molecule has 18 heavy (non-hydrogen) atoms. The lowest BCUT2D eigenvalue weighted by Gasteiger charge is -2.31. The first-order valence-electron chi connectivity index (χ1n) is 6.32. The normalized spacial score (nSPS) is 16.6. The third-order valence-corrected chi connectivity index (χ3v) is 4.44. The van der Waals surface area contributed by atoms with Crippen molar-refractivity contribution in [2.45, 2.75) is 38.1 Å². The lowest BCUT2D eigenvalue weighted by Crippen LogP contribution is -2.38. The number of hydrogen-bond acceptors (Lipinski definition) is 1. The van der Waals surface area contributed by atoms with Gasteiger partial charge in [0.15, 0.2) is 0 Å². The number of carbonyl (C=O) groups is 1. The average molecular weight is 286 g/mol. The zero-order valence-electron chi connectivity index (χ0n) is 10.5. The Kier molecular flexibility index (Phi) is 4.52. The first-order chi connectivity index (χ1) is 8.61. The topological polar surface area (TPSA) is 20.3 Å². The quantitative estimate of drug-likeness (QED) is 0.789. The SMILES string of the molecule is CN(C(=O)c1cccc(Cl)c1Cl)C1CCCCC1. The van der Waals surface area contributed by atoms with Gasteiger partial charge in [0.05, 0.1) is 15.6 Å². The molecule has 98 valence electrons. The summed E-state index contributed by atoms with van der Waals surface area (Å²) in [5, 5.41) is 0.784. The summed E-state index contributed by atoms with van der Waals surface area (Å²) in [7, 11) is 1.86. The lowest BCUT2D eigenvalue weighted by molar-refractivity contribution is 0.0696. The van der Waals surface area contributed by atoms with Gasteiger partial charge < -0.3 is 4.90 Å². The van der Waals surface area contributed by atoms with Crippen LogP contribution in [0.25, 0.3) is 0 Å². The first kappa shape index (κ1) is 13.7. The zero-order valence-corrected chi connectivity index (χ0v) is 12.0. The highest BCUT2D eigenvalue weighted by atomic mass is 35.5. The van der Waals surface area contributed by atoms with E-state index in [0.717, 1.165) is 12.8 Å². The second-order valence-electron chi connectivity index (χ2n) is 4.81. The predicted octanol–water partition coefficient (Wildman–Crippen LogP) is 4.40. The summed E-state index contributed by atoms with van der Waals surface area (Å²) in [4.78, 5) is 14.2. The third-order valence-electron chi connectivity index (χ3n) is 3.62. The van der Waals surface area contributed by atoms with Crippen LogP contribution in [0.3, 0.4) is 0 Å². The maximum Gasteiger partial charge on any atom is 0.255 e. The molecule has 0 unspecified atom stereocenters. The van der Waals surface area contributed by atoms with Gasteiger partial charge in [0.25, 0.3) is 5.91 Å². The Morgan fingerprint density at radius 2 is 1.89 bits per heavy atom.